The Kier molecular flexibility index (Phi) is 10.7. The Morgan fingerprint density at radius 1 is 0.691 bits per heavy atom. The normalized spacial score (nSPS) is 18.4. The predicted octanol–water partition coefficient (Wildman–Crippen LogP) is 4.72. The molecule has 5 heterocycles. The second kappa shape index (κ2) is 15.2. The lowest BCUT2D eigenvalue weighted by atomic mass is 9.64. The highest BCUT2D eigenvalue weighted by molar-refractivity contribution is 5.98. The molecule has 4 N–H and O–H groups in total. The molecule has 1 fully saturated rings. The molecule has 2 unspecified atom stereocenters. The molecule has 3 aromatic heterocycles. The average Bonchev–Trinajstić information content (AvgIpc) is 3.82. The van der Waals surface area contributed by atoms with E-state index in [-0.39, 0.29) is 36.3 Å². The van der Waals surface area contributed by atoms with Crippen LogP contribution in [0.4, 0.5) is 0 Å². The summed E-state index contributed by atoms with van der Waals surface area (Å²) in [5.74, 6) is -2.69. The van der Waals surface area contributed by atoms with Gasteiger partial charge < -0.3 is 39.2 Å². The van der Waals surface area contributed by atoms with Crippen molar-refractivity contribution in [2.24, 2.45) is 11.3 Å². The molecule has 3 aromatic rings. The first-order chi connectivity index (χ1) is 26.2. The van der Waals surface area contributed by atoms with Crippen molar-refractivity contribution >= 4 is 48.2 Å². The molecule has 2 aliphatic heterocycles. The van der Waals surface area contributed by atoms with Crippen molar-refractivity contribution in [3.05, 3.63) is 102 Å². The first-order valence-corrected chi connectivity index (χ1v) is 18.5. The number of H-pyrrole nitrogens is 3. The molecule has 12 nitrogen and oxygen atoms in total. The second-order valence-corrected chi connectivity index (χ2v) is 14.8. The highest BCUT2D eigenvalue weighted by atomic mass is 16.5. The number of esters is 4. The Bertz CT molecular complexity index is 2360. The first kappa shape index (κ1) is 38.9. The van der Waals surface area contributed by atoms with Crippen LogP contribution in [0.5, 0.6) is 0 Å². The summed E-state index contributed by atoms with van der Waals surface area (Å²) in [6.07, 6.45) is 12.9. The first-order valence-electron chi connectivity index (χ1n) is 18.5. The van der Waals surface area contributed by atoms with E-state index >= 15 is 0 Å². The van der Waals surface area contributed by atoms with Crippen molar-refractivity contribution in [3.8, 4) is 0 Å². The van der Waals surface area contributed by atoms with E-state index in [9.17, 15) is 19.2 Å². The van der Waals surface area contributed by atoms with E-state index in [0.29, 0.717) is 18.5 Å². The number of carbonyl (C=O) groups is 4. The molecular formula is C43H50N4O8. The number of nitrogens with one attached hydrogen (secondary N) is 4. The van der Waals surface area contributed by atoms with Crippen LogP contribution in [0.2, 0.25) is 0 Å². The zero-order valence-corrected chi connectivity index (χ0v) is 33.2. The molecule has 2 atom stereocenters. The van der Waals surface area contributed by atoms with Gasteiger partial charge in [-0.05, 0) is 110 Å². The largest absolute Gasteiger partial charge is 0.469 e. The SMILES string of the molecule is COC(=O)CCc1c2[nH]c(c1C)C=C1NC(=Cc3[nH]c(c(C(C)C)c3C)C=c3[nH]c(c(CCC(=O)OC)c3C)=C2)C2=CC=C(C(=O)OC)C(C(=O)OC)C12C. The fraction of sp³-hybridized carbons (Fsp3) is 0.395. The molecule has 1 saturated heterocycles. The van der Waals surface area contributed by atoms with Gasteiger partial charge in [0.1, 0.15) is 5.92 Å². The summed E-state index contributed by atoms with van der Waals surface area (Å²) in [6, 6.07) is 0. The molecule has 0 radical (unpaired) electrons. The highest BCUT2D eigenvalue weighted by Crippen LogP contribution is 2.55. The summed E-state index contributed by atoms with van der Waals surface area (Å²) < 4.78 is 20.5. The lowest BCUT2D eigenvalue weighted by molar-refractivity contribution is -0.150. The molecule has 0 amide bonds. The minimum absolute atomic E-state index is 0.156. The minimum Gasteiger partial charge on any atom is -0.469 e. The molecular weight excluding hydrogens is 700 g/mol. The van der Waals surface area contributed by atoms with Gasteiger partial charge in [-0.2, -0.15) is 0 Å². The summed E-state index contributed by atoms with van der Waals surface area (Å²) in [7, 11) is 5.36. The highest BCUT2D eigenvalue weighted by Gasteiger charge is 2.55. The maximum absolute atomic E-state index is 13.8. The van der Waals surface area contributed by atoms with Crippen molar-refractivity contribution < 1.29 is 38.1 Å². The summed E-state index contributed by atoms with van der Waals surface area (Å²) >= 11 is 0. The standard InChI is InChI=1S/C43H50N4O8/c1-21(2)39-24(5)30-17-34-28-14-11-27(41(50)54-9)40(42(51)55-10)43(28,6)36(47-34)20-31-23(4)26(13-16-38(49)53-8)33(45-31)19-32-25(12-15-37(48)52-7)22(3)29(44-32)18-35(39)46-30/h11,14,17-21,40,44-47H,12-13,15-16H2,1-10H3. The number of rotatable bonds is 9. The monoisotopic (exact) mass is 750 g/mol. The lowest BCUT2D eigenvalue weighted by Gasteiger charge is -2.36. The molecule has 0 aromatic carbocycles. The average molecular weight is 751 g/mol. The van der Waals surface area contributed by atoms with Crippen LogP contribution in [0.25, 0.3) is 24.3 Å². The quantitative estimate of drug-likeness (QED) is 0.179. The maximum atomic E-state index is 13.8. The smallest absolute Gasteiger partial charge is 0.334 e. The zero-order valence-electron chi connectivity index (χ0n) is 33.2. The van der Waals surface area contributed by atoms with E-state index in [0.717, 1.165) is 78.1 Å². The molecule has 3 aliphatic rings. The Balaban J connectivity index is 1.72. The van der Waals surface area contributed by atoms with Crippen LogP contribution in [-0.4, -0.2) is 67.3 Å². The van der Waals surface area contributed by atoms with Crippen molar-refractivity contribution in [1.29, 1.82) is 0 Å². The summed E-state index contributed by atoms with van der Waals surface area (Å²) in [4.78, 5) is 62.8. The minimum atomic E-state index is -1.08. The van der Waals surface area contributed by atoms with Crippen molar-refractivity contribution in [3.63, 3.8) is 0 Å². The van der Waals surface area contributed by atoms with Gasteiger partial charge in [0.2, 0.25) is 0 Å². The lowest BCUT2D eigenvalue weighted by Crippen LogP contribution is -2.40. The zero-order chi connectivity index (χ0) is 39.9. The third kappa shape index (κ3) is 6.78. The number of fused-ring (bicyclic) bond motifs is 11. The Labute approximate surface area is 320 Å². The van der Waals surface area contributed by atoms with Gasteiger partial charge in [-0.25, -0.2) is 4.79 Å². The van der Waals surface area contributed by atoms with E-state index in [1.807, 2.05) is 32.1 Å². The topological polar surface area (TPSA) is 165 Å². The third-order valence-corrected chi connectivity index (χ3v) is 11.5. The molecule has 290 valence electrons. The van der Waals surface area contributed by atoms with Crippen LogP contribution < -0.4 is 16.0 Å². The van der Waals surface area contributed by atoms with E-state index in [1.165, 1.54) is 28.4 Å². The summed E-state index contributed by atoms with van der Waals surface area (Å²) in [5, 5.41) is 5.36. The van der Waals surface area contributed by atoms with Crippen molar-refractivity contribution in [2.75, 3.05) is 28.4 Å². The Morgan fingerprint density at radius 3 is 1.93 bits per heavy atom. The van der Waals surface area contributed by atoms with Crippen LogP contribution in [0.3, 0.4) is 0 Å². The van der Waals surface area contributed by atoms with Gasteiger partial charge >= 0.3 is 23.9 Å². The number of methoxy groups -OCH3 is 4. The van der Waals surface area contributed by atoms with Crippen LogP contribution >= 0.6 is 0 Å². The molecule has 0 spiro atoms. The maximum Gasteiger partial charge on any atom is 0.334 e. The second-order valence-electron chi connectivity index (χ2n) is 14.8. The van der Waals surface area contributed by atoms with Gasteiger partial charge in [-0.15, -0.1) is 0 Å². The number of hydrogen-bond acceptors (Lipinski definition) is 9. The van der Waals surface area contributed by atoms with Crippen molar-refractivity contribution in [2.45, 2.75) is 73.1 Å². The van der Waals surface area contributed by atoms with Gasteiger partial charge in [0, 0.05) is 57.7 Å². The summed E-state index contributed by atoms with van der Waals surface area (Å²) in [5.41, 5.74) is 10.7. The van der Waals surface area contributed by atoms with E-state index < -0.39 is 23.3 Å². The van der Waals surface area contributed by atoms with Crippen LogP contribution in [0.1, 0.15) is 95.7 Å². The Hall–Kier alpha value is -5.78. The number of hydrogen-bond donors (Lipinski definition) is 4. The Morgan fingerprint density at radius 2 is 1.31 bits per heavy atom. The van der Waals surface area contributed by atoms with Gasteiger partial charge in [-0.1, -0.05) is 26.0 Å². The van der Waals surface area contributed by atoms with Crippen LogP contribution in [0, 0.1) is 32.1 Å². The molecule has 0 saturated carbocycles. The number of allylic oxidation sites excluding steroid dienone is 4. The molecule has 6 rings (SSSR count). The van der Waals surface area contributed by atoms with E-state index in [4.69, 9.17) is 18.9 Å². The number of carbonyl (C=O) groups excluding carboxylic acids is 4. The predicted molar refractivity (Wildman–Crippen MR) is 209 cm³/mol. The van der Waals surface area contributed by atoms with Gasteiger partial charge in [0.25, 0.3) is 0 Å². The number of aromatic nitrogens is 3. The van der Waals surface area contributed by atoms with Gasteiger partial charge in [0.15, 0.2) is 0 Å². The van der Waals surface area contributed by atoms with Crippen LogP contribution in [0.15, 0.2) is 34.7 Å². The van der Waals surface area contributed by atoms with Gasteiger partial charge in [-0.3, -0.25) is 14.4 Å². The number of ether oxygens (including phenoxy) is 4. The molecule has 1 aliphatic carbocycles. The fourth-order valence-corrected chi connectivity index (χ4v) is 8.43. The van der Waals surface area contributed by atoms with E-state index in [2.05, 4.69) is 60.1 Å². The number of aromatic amines is 3. The fourth-order valence-electron chi connectivity index (χ4n) is 8.43. The van der Waals surface area contributed by atoms with Gasteiger partial charge in [0.05, 0.1) is 39.4 Å². The van der Waals surface area contributed by atoms with Crippen LogP contribution in [-0.2, 0) is 51.0 Å². The van der Waals surface area contributed by atoms with Crippen molar-refractivity contribution in [1.82, 2.24) is 20.3 Å². The molecule has 12 heteroatoms. The third-order valence-electron chi connectivity index (χ3n) is 11.5. The van der Waals surface area contributed by atoms with E-state index in [1.54, 1.807) is 6.08 Å². The molecule has 55 heavy (non-hydrogen) atoms. The molecule has 8 bridgehead atoms. The summed E-state index contributed by atoms with van der Waals surface area (Å²) in [6.45, 7) is 12.4.